The summed E-state index contributed by atoms with van der Waals surface area (Å²) >= 11 is 5.96. The van der Waals surface area contributed by atoms with Gasteiger partial charge in [0.1, 0.15) is 11.4 Å². The molecule has 2 heterocycles. The first-order valence-electron chi connectivity index (χ1n) is 11.4. The Morgan fingerprint density at radius 2 is 2.16 bits per heavy atom. The number of nitrogens with two attached hydrogens (primary N) is 1. The number of hydrogen-bond donors (Lipinski definition) is 2. The van der Waals surface area contributed by atoms with Crippen molar-refractivity contribution in [3.05, 3.63) is 34.1 Å². The first-order chi connectivity index (χ1) is 15.3. The number of hydrogen-bond acceptors (Lipinski definition) is 4. The van der Waals surface area contributed by atoms with Gasteiger partial charge in [-0.3, -0.25) is 4.79 Å². The lowest BCUT2D eigenvalue weighted by atomic mass is 9.93. The third-order valence-electron chi connectivity index (χ3n) is 6.75. The lowest BCUT2D eigenvalue weighted by Crippen LogP contribution is -2.58. The molecule has 1 aromatic rings. The molecule has 1 unspecified atom stereocenters. The summed E-state index contributed by atoms with van der Waals surface area (Å²) in [5, 5.41) is 3.24. The highest BCUT2D eigenvalue weighted by Crippen LogP contribution is 2.30. The van der Waals surface area contributed by atoms with Crippen LogP contribution in [0.3, 0.4) is 0 Å². The molecule has 0 aromatic heterocycles. The Balaban J connectivity index is 1.35. The van der Waals surface area contributed by atoms with Crippen LogP contribution in [-0.2, 0) is 16.1 Å². The van der Waals surface area contributed by atoms with Crippen molar-refractivity contribution in [2.24, 2.45) is 11.7 Å². The second kappa shape index (κ2) is 9.53. The van der Waals surface area contributed by atoms with Crippen molar-refractivity contribution in [2.45, 2.75) is 57.2 Å². The van der Waals surface area contributed by atoms with E-state index < -0.39 is 11.4 Å². The van der Waals surface area contributed by atoms with Crippen molar-refractivity contribution in [3.8, 4) is 0 Å². The van der Waals surface area contributed by atoms with E-state index in [-0.39, 0.29) is 37.0 Å². The van der Waals surface area contributed by atoms with Gasteiger partial charge in [0.2, 0.25) is 5.91 Å². The molecule has 32 heavy (non-hydrogen) atoms. The van der Waals surface area contributed by atoms with Crippen molar-refractivity contribution in [1.29, 1.82) is 0 Å². The molecule has 176 valence electrons. The first-order valence-corrected chi connectivity index (χ1v) is 11.8. The maximum absolute atomic E-state index is 14.2. The van der Waals surface area contributed by atoms with E-state index in [1.165, 1.54) is 6.07 Å². The van der Waals surface area contributed by atoms with Crippen LogP contribution in [0.4, 0.5) is 9.18 Å². The standard InChI is InChI=1S/C23H32ClFN4O3/c1-15-9-17(20(25)10-19(15)24)11-27-22(31)29(18-4-5-18)13-16-3-2-7-28(12-16)21(30)23(26)6-8-32-14-23/h9-10,16,18H,2-8,11-14,26H2,1H3,(H,27,31)/t16-,23?/m1/s1. The molecule has 1 aliphatic carbocycles. The summed E-state index contributed by atoms with van der Waals surface area (Å²) in [6, 6.07) is 2.97. The highest BCUT2D eigenvalue weighted by atomic mass is 35.5. The fourth-order valence-electron chi connectivity index (χ4n) is 4.65. The molecule has 4 rings (SSSR count). The Morgan fingerprint density at radius 3 is 2.84 bits per heavy atom. The van der Waals surface area contributed by atoms with Crippen molar-refractivity contribution < 1.29 is 18.7 Å². The van der Waals surface area contributed by atoms with Crippen LogP contribution < -0.4 is 11.1 Å². The van der Waals surface area contributed by atoms with Crippen LogP contribution in [0, 0.1) is 18.7 Å². The zero-order valence-corrected chi connectivity index (χ0v) is 19.3. The minimum absolute atomic E-state index is 0.0456. The summed E-state index contributed by atoms with van der Waals surface area (Å²) < 4.78 is 19.6. The van der Waals surface area contributed by atoms with Gasteiger partial charge in [-0.15, -0.1) is 0 Å². The quantitative estimate of drug-likeness (QED) is 0.674. The van der Waals surface area contributed by atoms with E-state index in [1.807, 2.05) is 16.7 Å². The Hall–Kier alpha value is -1.90. The highest BCUT2D eigenvalue weighted by Gasteiger charge is 2.43. The largest absolute Gasteiger partial charge is 0.379 e. The minimum Gasteiger partial charge on any atom is -0.379 e. The maximum atomic E-state index is 14.2. The van der Waals surface area contributed by atoms with E-state index in [1.54, 1.807) is 6.07 Å². The van der Waals surface area contributed by atoms with Gasteiger partial charge in [-0.05, 0) is 62.6 Å². The summed E-state index contributed by atoms with van der Waals surface area (Å²) in [4.78, 5) is 29.6. The van der Waals surface area contributed by atoms with Gasteiger partial charge < -0.3 is 25.6 Å². The van der Waals surface area contributed by atoms with Crippen LogP contribution in [0.2, 0.25) is 5.02 Å². The van der Waals surface area contributed by atoms with E-state index in [4.69, 9.17) is 22.1 Å². The highest BCUT2D eigenvalue weighted by molar-refractivity contribution is 6.31. The molecule has 3 aliphatic rings. The number of ether oxygens (including phenoxy) is 1. The maximum Gasteiger partial charge on any atom is 0.317 e. The molecule has 1 saturated carbocycles. The number of carbonyl (C=O) groups is 2. The Labute approximate surface area is 193 Å². The number of benzene rings is 1. The summed E-state index contributed by atoms with van der Waals surface area (Å²) in [6.45, 7) is 4.57. The number of amides is 3. The van der Waals surface area contributed by atoms with Crippen molar-refractivity contribution in [1.82, 2.24) is 15.1 Å². The molecule has 0 radical (unpaired) electrons. The monoisotopic (exact) mass is 466 g/mol. The van der Waals surface area contributed by atoms with Gasteiger partial charge in [0, 0.05) is 49.4 Å². The smallest absolute Gasteiger partial charge is 0.317 e. The molecule has 2 saturated heterocycles. The van der Waals surface area contributed by atoms with Gasteiger partial charge in [0.05, 0.1) is 6.61 Å². The molecule has 2 aliphatic heterocycles. The van der Waals surface area contributed by atoms with Gasteiger partial charge >= 0.3 is 6.03 Å². The molecule has 0 bridgehead atoms. The van der Waals surface area contributed by atoms with Crippen LogP contribution in [0.25, 0.3) is 0 Å². The van der Waals surface area contributed by atoms with E-state index in [0.29, 0.717) is 43.2 Å². The SMILES string of the molecule is Cc1cc(CNC(=O)N(C[C@@H]2CCCN(C(=O)C3(N)CCOC3)C2)C2CC2)c(F)cc1Cl. The van der Waals surface area contributed by atoms with Gasteiger partial charge in [0.25, 0.3) is 0 Å². The van der Waals surface area contributed by atoms with Crippen LogP contribution in [0.15, 0.2) is 12.1 Å². The number of nitrogens with one attached hydrogen (secondary N) is 1. The zero-order chi connectivity index (χ0) is 22.9. The number of halogens is 2. The normalized spacial score (nSPS) is 25.6. The van der Waals surface area contributed by atoms with Crippen molar-refractivity contribution >= 4 is 23.5 Å². The van der Waals surface area contributed by atoms with Crippen molar-refractivity contribution in [2.75, 3.05) is 32.8 Å². The molecule has 7 nitrogen and oxygen atoms in total. The van der Waals surface area contributed by atoms with Crippen LogP contribution in [0.5, 0.6) is 0 Å². The third kappa shape index (κ3) is 5.18. The lowest BCUT2D eigenvalue weighted by molar-refractivity contribution is -0.139. The summed E-state index contributed by atoms with van der Waals surface area (Å²) in [5.41, 5.74) is 6.55. The second-order valence-corrected chi connectivity index (χ2v) is 9.86. The fraction of sp³-hybridized carbons (Fsp3) is 0.652. The average molecular weight is 467 g/mol. The topological polar surface area (TPSA) is 87.9 Å². The predicted molar refractivity (Wildman–Crippen MR) is 120 cm³/mol. The van der Waals surface area contributed by atoms with Crippen molar-refractivity contribution in [3.63, 3.8) is 0 Å². The molecule has 3 N–H and O–H groups in total. The number of nitrogens with zero attached hydrogens (tertiary/aromatic N) is 2. The number of urea groups is 1. The Bertz CT molecular complexity index is 873. The molecule has 3 amide bonds. The van der Waals surface area contributed by atoms with Gasteiger partial charge in [0.15, 0.2) is 0 Å². The van der Waals surface area contributed by atoms with Gasteiger partial charge in [-0.25, -0.2) is 9.18 Å². The Kier molecular flexibility index (Phi) is 6.93. The lowest BCUT2D eigenvalue weighted by Gasteiger charge is -2.38. The molecular formula is C23H32ClFN4O3. The molecule has 2 atom stereocenters. The van der Waals surface area contributed by atoms with E-state index in [2.05, 4.69) is 5.32 Å². The number of rotatable bonds is 6. The van der Waals surface area contributed by atoms with Crippen LogP contribution >= 0.6 is 11.6 Å². The number of likely N-dealkylation sites (tertiary alicyclic amines) is 1. The zero-order valence-electron chi connectivity index (χ0n) is 18.5. The van der Waals surface area contributed by atoms with Gasteiger partial charge in [-0.1, -0.05) is 11.6 Å². The fourth-order valence-corrected chi connectivity index (χ4v) is 4.80. The van der Waals surface area contributed by atoms with E-state index in [0.717, 1.165) is 31.2 Å². The molecular weight excluding hydrogens is 435 g/mol. The number of aryl methyl sites for hydroxylation is 1. The summed E-state index contributed by atoms with van der Waals surface area (Å²) in [6.07, 6.45) is 4.34. The summed E-state index contributed by atoms with van der Waals surface area (Å²) in [7, 11) is 0. The predicted octanol–water partition coefficient (Wildman–Crippen LogP) is 2.82. The van der Waals surface area contributed by atoms with Crippen LogP contribution in [0.1, 0.15) is 43.2 Å². The minimum atomic E-state index is -0.920. The third-order valence-corrected chi connectivity index (χ3v) is 7.15. The Morgan fingerprint density at radius 1 is 1.38 bits per heavy atom. The summed E-state index contributed by atoms with van der Waals surface area (Å²) in [5.74, 6) is -0.276. The number of piperidine rings is 1. The average Bonchev–Trinajstić information content (AvgIpc) is 3.52. The molecule has 3 fully saturated rings. The molecule has 9 heteroatoms. The number of carbonyl (C=O) groups excluding carboxylic acids is 2. The van der Waals surface area contributed by atoms with E-state index in [9.17, 15) is 14.0 Å². The van der Waals surface area contributed by atoms with Crippen LogP contribution in [-0.4, -0.2) is 66.2 Å². The van der Waals surface area contributed by atoms with E-state index >= 15 is 0 Å². The van der Waals surface area contributed by atoms with Gasteiger partial charge in [-0.2, -0.15) is 0 Å². The second-order valence-electron chi connectivity index (χ2n) is 9.45. The molecule has 1 aromatic carbocycles. The first kappa shape index (κ1) is 23.3. The molecule has 0 spiro atoms.